The van der Waals surface area contributed by atoms with E-state index in [0.717, 1.165) is 32.5 Å². The van der Waals surface area contributed by atoms with Crippen LogP contribution in [0.25, 0.3) is 0 Å². The van der Waals surface area contributed by atoms with E-state index in [1.807, 2.05) is 0 Å². The number of anilines is 2. The van der Waals surface area contributed by atoms with Crippen LogP contribution in [0.15, 0.2) is 48.8 Å². The van der Waals surface area contributed by atoms with E-state index in [4.69, 9.17) is 11.6 Å². The van der Waals surface area contributed by atoms with E-state index in [9.17, 15) is 19.5 Å². The van der Waals surface area contributed by atoms with E-state index in [0.29, 0.717) is 48.5 Å². The van der Waals surface area contributed by atoms with Gasteiger partial charge >= 0.3 is 0 Å². The second-order valence-corrected chi connectivity index (χ2v) is 13.4. The summed E-state index contributed by atoms with van der Waals surface area (Å²) in [5.41, 5.74) is 1.98. The molecule has 47 heavy (non-hydrogen) atoms. The number of aromatic nitrogens is 2. The van der Waals surface area contributed by atoms with Gasteiger partial charge in [-0.1, -0.05) is 23.7 Å². The number of likely N-dealkylation sites (tertiary alicyclic amines) is 1. The van der Waals surface area contributed by atoms with Crippen LogP contribution >= 0.6 is 11.6 Å². The quantitative estimate of drug-likeness (QED) is 0.325. The van der Waals surface area contributed by atoms with Gasteiger partial charge in [-0.3, -0.25) is 24.6 Å². The molecule has 3 amide bonds. The van der Waals surface area contributed by atoms with E-state index >= 15 is 4.39 Å². The summed E-state index contributed by atoms with van der Waals surface area (Å²) in [4.78, 5) is 51.5. The Morgan fingerprint density at radius 3 is 2.38 bits per heavy atom. The smallest absolute Gasteiger partial charge is 0.255 e. The minimum Gasteiger partial charge on any atom is -0.385 e. The molecule has 13 heteroatoms. The topological polar surface area (TPSA) is 131 Å². The van der Waals surface area contributed by atoms with Crippen molar-refractivity contribution in [3.63, 3.8) is 0 Å². The maximum Gasteiger partial charge on any atom is 0.255 e. The van der Waals surface area contributed by atoms with Gasteiger partial charge in [-0.2, -0.15) is 0 Å². The first-order valence-corrected chi connectivity index (χ1v) is 16.5. The summed E-state index contributed by atoms with van der Waals surface area (Å²) >= 11 is 5.88. The number of nitrogens with one attached hydrogen (secondary N) is 2. The van der Waals surface area contributed by atoms with E-state index < -0.39 is 29.3 Å². The third kappa shape index (κ3) is 6.54. The van der Waals surface area contributed by atoms with Crippen LogP contribution in [0.5, 0.6) is 0 Å². The molecule has 246 valence electrons. The summed E-state index contributed by atoms with van der Waals surface area (Å²) in [6, 6.07) is 10.9. The number of hydrogen-bond donors (Lipinski definition) is 3. The highest BCUT2D eigenvalue weighted by atomic mass is 35.5. The van der Waals surface area contributed by atoms with E-state index in [-0.39, 0.29) is 36.4 Å². The fraction of sp³-hybridized carbons (Fsp3) is 0.441. The molecule has 7 rings (SSSR count). The summed E-state index contributed by atoms with van der Waals surface area (Å²) in [7, 11) is 0. The molecule has 3 fully saturated rings. The normalized spacial score (nSPS) is 21.9. The average Bonchev–Trinajstić information content (AvgIpc) is 3.38. The van der Waals surface area contributed by atoms with Gasteiger partial charge in [0.2, 0.25) is 17.8 Å². The molecule has 1 aromatic heterocycles. The summed E-state index contributed by atoms with van der Waals surface area (Å²) in [6.45, 7) is 3.90. The zero-order valence-corrected chi connectivity index (χ0v) is 26.7. The Labute approximate surface area is 277 Å². The van der Waals surface area contributed by atoms with Crippen LogP contribution in [0.1, 0.15) is 65.6 Å². The molecule has 4 aliphatic rings. The number of carbonyl (C=O) groups is 3. The van der Waals surface area contributed by atoms with Crippen molar-refractivity contribution in [2.75, 3.05) is 36.4 Å². The Bertz CT molecular complexity index is 1670. The van der Waals surface area contributed by atoms with Crippen molar-refractivity contribution in [3.8, 4) is 0 Å². The Morgan fingerprint density at radius 2 is 1.70 bits per heavy atom. The highest BCUT2D eigenvalue weighted by Crippen LogP contribution is 2.38. The van der Waals surface area contributed by atoms with Crippen molar-refractivity contribution < 1.29 is 23.9 Å². The molecule has 5 heterocycles. The van der Waals surface area contributed by atoms with Crippen molar-refractivity contribution in [1.82, 2.24) is 25.1 Å². The van der Waals surface area contributed by atoms with E-state index in [2.05, 4.69) is 54.7 Å². The SMILES string of the molecule is O=C1CCC(N2Cc3cc(C4(O)CCN(Cc5ccc(N6CCC(Nc7ncc(Cl)cn7)CC6)cc5)CC4)c(F)cc3C2=O)C(=O)N1. The largest absolute Gasteiger partial charge is 0.385 e. The van der Waals surface area contributed by atoms with Crippen molar-refractivity contribution in [2.45, 2.75) is 69.3 Å². The fourth-order valence-electron chi connectivity index (χ4n) is 7.22. The number of piperidine rings is 3. The number of halogens is 2. The molecule has 0 spiro atoms. The van der Waals surface area contributed by atoms with Gasteiger partial charge in [0.1, 0.15) is 11.9 Å². The average molecular weight is 662 g/mol. The van der Waals surface area contributed by atoms with Gasteiger partial charge in [-0.15, -0.1) is 0 Å². The minimum absolute atomic E-state index is 0.138. The van der Waals surface area contributed by atoms with Crippen LogP contribution in [-0.2, 0) is 28.3 Å². The van der Waals surface area contributed by atoms with Crippen molar-refractivity contribution >= 4 is 41.0 Å². The highest BCUT2D eigenvalue weighted by molar-refractivity contribution is 6.30. The number of hydrogen-bond acceptors (Lipinski definition) is 9. The van der Waals surface area contributed by atoms with Crippen molar-refractivity contribution in [1.29, 1.82) is 0 Å². The number of aliphatic hydroxyl groups is 1. The number of fused-ring (bicyclic) bond motifs is 1. The molecule has 0 saturated carbocycles. The van der Waals surface area contributed by atoms with Gasteiger partial charge in [-0.25, -0.2) is 14.4 Å². The molecule has 2 aromatic carbocycles. The molecule has 0 radical (unpaired) electrons. The lowest BCUT2D eigenvalue weighted by Gasteiger charge is -2.39. The maximum atomic E-state index is 15.4. The van der Waals surface area contributed by atoms with Gasteiger partial charge in [0.25, 0.3) is 5.91 Å². The standard InChI is InChI=1S/C34H37ClFN7O4/c35-23-17-37-33(38-18-23)39-24-7-11-42(12-8-24)25-3-1-21(2-4-25)19-41-13-9-34(47,10-14-41)27-15-22-20-43(32(46)26(22)16-28(27)36)29-5-6-30(44)40-31(29)45/h1-4,15-18,24,29,47H,5-14,19-20H2,(H,37,38,39)(H,40,44,45). The third-order valence-corrected chi connectivity index (χ3v) is 10.1. The summed E-state index contributed by atoms with van der Waals surface area (Å²) in [5.74, 6) is -1.32. The van der Waals surface area contributed by atoms with Gasteiger partial charge in [0.15, 0.2) is 0 Å². The Balaban J connectivity index is 0.922. The van der Waals surface area contributed by atoms with Gasteiger partial charge in [0, 0.05) is 68.5 Å². The first kappa shape index (κ1) is 31.5. The predicted molar refractivity (Wildman–Crippen MR) is 173 cm³/mol. The summed E-state index contributed by atoms with van der Waals surface area (Å²) < 4.78 is 15.4. The minimum atomic E-state index is -1.36. The Hall–Kier alpha value is -4.13. The molecule has 0 aliphatic carbocycles. The van der Waals surface area contributed by atoms with Crippen LogP contribution in [0.4, 0.5) is 16.0 Å². The molecule has 0 bridgehead atoms. The molecule has 11 nitrogen and oxygen atoms in total. The van der Waals surface area contributed by atoms with Gasteiger partial charge in [0.05, 0.1) is 23.0 Å². The molecule has 3 N–H and O–H groups in total. The molecule has 1 unspecified atom stereocenters. The number of rotatable bonds is 7. The van der Waals surface area contributed by atoms with Crippen molar-refractivity contribution in [2.24, 2.45) is 0 Å². The molecule has 1 atom stereocenters. The lowest BCUT2D eigenvalue weighted by molar-refractivity contribution is -0.136. The Morgan fingerprint density at radius 1 is 1.00 bits per heavy atom. The van der Waals surface area contributed by atoms with E-state index in [1.54, 1.807) is 18.5 Å². The van der Waals surface area contributed by atoms with Crippen LogP contribution in [0, 0.1) is 5.82 Å². The second-order valence-electron chi connectivity index (χ2n) is 13.0. The number of amides is 3. The molecule has 3 saturated heterocycles. The van der Waals surface area contributed by atoms with Crippen LogP contribution in [0.2, 0.25) is 5.02 Å². The monoisotopic (exact) mass is 661 g/mol. The lowest BCUT2D eigenvalue weighted by Crippen LogP contribution is -2.52. The zero-order chi connectivity index (χ0) is 32.7. The van der Waals surface area contributed by atoms with Crippen LogP contribution < -0.4 is 15.5 Å². The lowest BCUT2D eigenvalue weighted by atomic mass is 9.82. The zero-order valence-electron chi connectivity index (χ0n) is 25.9. The first-order chi connectivity index (χ1) is 22.6. The number of benzene rings is 2. The predicted octanol–water partition coefficient (Wildman–Crippen LogP) is 3.59. The van der Waals surface area contributed by atoms with E-state index in [1.165, 1.54) is 22.2 Å². The maximum absolute atomic E-state index is 15.4. The van der Waals surface area contributed by atoms with Crippen LogP contribution in [-0.4, -0.2) is 80.9 Å². The number of carbonyl (C=O) groups excluding carboxylic acids is 3. The van der Waals surface area contributed by atoms with Gasteiger partial charge in [-0.05, 0) is 67.5 Å². The van der Waals surface area contributed by atoms with Crippen molar-refractivity contribution in [3.05, 3.63) is 81.9 Å². The molecule has 3 aromatic rings. The summed E-state index contributed by atoms with van der Waals surface area (Å²) in [5, 5.41) is 17.8. The molecule has 4 aliphatic heterocycles. The summed E-state index contributed by atoms with van der Waals surface area (Å²) in [6.07, 6.45) is 6.24. The second kappa shape index (κ2) is 12.8. The Kier molecular flexibility index (Phi) is 8.58. The van der Waals surface area contributed by atoms with Gasteiger partial charge < -0.3 is 20.2 Å². The number of imide groups is 1. The van der Waals surface area contributed by atoms with Crippen LogP contribution in [0.3, 0.4) is 0 Å². The number of nitrogens with zero attached hydrogens (tertiary/aromatic N) is 5. The third-order valence-electron chi connectivity index (χ3n) is 9.95. The highest BCUT2D eigenvalue weighted by Gasteiger charge is 2.42. The fourth-order valence-corrected chi connectivity index (χ4v) is 7.32. The first-order valence-electron chi connectivity index (χ1n) is 16.2. The molecular formula is C34H37ClFN7O4. The molecular weight excluding hydrogens is 625 g/mol.